The van der Waals surface area contributed by atoms with Gasteiger partial charge in [0.2, 0.25) is 5.91 Å². The van der Waals surface area contributed by atoms with Gasteiger partial charge in [-0.05, 0) is 47.5 Å². The molecule has 0 atom stereocenters. The Hall–Kier alpha value is -3.51. The van der Waals surface area contributed by atoms with Crippen LogP contribution in [0.1, 0.15) is 15.4 Å². The number of rotatable bonds is 5. The van der Waals surface area contributed by atoms with Crippen molar-refractivity contribution in [3.8, 4) is 11.1 Å². The summed E-state index contributed by atoms with van der Waals surface area (Å²) in [4.78, 5) is 27.8. The van der Waals surface area contributed by atoms with E-state index < -0.39 is 5.97 Å². The molecule has 0 unspecified atom stereocenters. The topological polar surface area (TPSA) is 79.3 Å². The van der Waals surface area contributed by atoms with Crippen LogP contribution in [-0.2, 0) is 11.2 Å². The van der Waals surface area contributed by atoms with E-state index in [-0.39, 0.29) is 17.9 Å². The Bertz CT molecular complexity index is 1150. The number of aromatic carboxylic acids is 1. The first-order valence-corrected chi connectivity index (χ1v) is 9.48. The number of hydrogen-bond acceptors (Lipinski definition) is 4. The molecule has 0 aliphatic carbocycles. The molecule has 6 heteroatoms. The number of carbonyl (C=O) groups is 2. The number of nitrogens with one attached hydrogen (secondary N) is 1. The number of hydrogen-bond donors (Lipinski definition) is 2. The summed E-state index contributed by atoms with van der Waals surface area (Å²) < 4.78 is 1.04. The van der Waals surface area contributed by atoms with Crippen LogP contribution in [-0.4, -0.2) is 22.0 Å². The number of carboxylic acid groups (broad SMARTS) is 1. The highest BCUT2D eigenvalue weighted by molar-refractivity contribution is 7.18. The summed E-state index contributed by atoms with van der Waals surface area (Å²) >= 11 is 1.50. The number of carboxylic acids is 1. The molecular weight excluding hydrogens is 372 g/mol. The fourth-order valence-corrected chi connectivity index (χ4v) is 3.85. The molecule has 1 aromatic heterocycles. The van der Waals surface area contributed by atoms with Crippen molar-refractivity contribution in [1.82, 2.24) is 4.98 Å². The second kappa shape index (κ2) is 7.62. The van der Waals surface area contributed by atoms with E-state index >= 15 is 0 Å². The van der Waals surface area contributed by atoms with Gasteiger partial charge in [-0.25, -0.2) is 9.78 Å². The predicted molar refractivity (Wildman–Crippen MR) is 111 cm³/mol. The zero-order chi connectivity index (χ0) is 19.5. The van der Waals surface area contributed by atoms with E-state index in [9.17, 15) is 9.59 Å². The third-order valence-electron chi connectivity index (χ3n) is 4.27. The lowest BCUT2D eigenvalue weighted by molar-refractivity contribution is -0.115. The van der Waals surface area contributed by atoms with E-state index in [0.29, 0.717) is 5.69 Å². The van der Waals surface area contributed by atoms with Crippen LogP contribution in [0, 0.1) is 0 Å². The molecule has 3 aromatic carbocycles. The third kappa shape index (κ3) is 3.92. The van der Waals surface area contributed by atoms with Gasteiger partial charge in [-0.15, -0.1) is 11.3 Å². The van der Waals surface area contributed by atoms with E-state index in [1.807, 2.05) is 30.3 Å². The maximum Gasteiger partial charge on any atom is 0.335 e. The van der Waals surface area contributed by atoms with Gasteiger partial charge >= 0.3 is 5.97 Å². The molecule has 2 N–H and O–H groups in total. The molecule has 4 rings (SSSR count). The maximum atomic E-state index is 12.3. The van der Waals surface area contributed by atoms with Crippen molar-refractivity contribution < 1.29 is 14.7 Å². The number of aromatic nitrogens is 1. The number of amides is 1. The van der Waals surface area contributed by atoms with Gasteiger partial charge in [0.05, 0.1) is 22.2 Å². The lowest BCUT2D eigenvalue weighted by atomic mass is 10.1. The van der Waals surface area contributed by atoms with Crippen molar-refractivity contribution in [2.75, 3.05) is 5.32 Å². The number of carbonyl (C=O) groups excluding carboxylic acids is 1. The lowest BCUT2D eigenvalue weighted by Gasteiger charge is -2.04. The first kappa shape index (κ1) is 17.9. The zero-order valence-corrected chi connectivity index (χ0v) is 15.6. The van der Waals surface area contributed by atoms with Crippen molar-refractivity contribution >= 4 is 39.1 Å². The number of nitrogens with zero attached hydrogens (tertiary/aromatic N) is 1. The van der Waals surface area contributed by atoms with E-state index in [1.54, 1.807) is 12.1 Å². The number of thiazole rings is 1. The van der Waals surface area contributed by atoms with Crippen LogP contribution < -0.4 is 5.32 Å². The molecule has 0 saturated heterocycles. The van der Waals surface area contributed by atoms with Crippen molar-refractivity contribution in [3.63, 3.8) is 0 Å². The summed E-state index contributed by atoms with van der Waals surface area (Å²) in [5.74, 6) is -1.19. The highest BCUT2D eigenvalue weighted by Crippen LogP contribution is 2.28. The predicted octanol–water partition coefficient (Wildman–Crippen LogP) is 4.84. The first-order chi connectivity index (χ1) is 13.6. The SMILES string of the molecule is O=C(Cc1nc2cc(-c3ccccc3)ccc2s1)Nc1ccc(C(=O)O)cc1. The van der Waals surface area contributed by atoms with Gasteiger partial charge in [-0.3, -0.25) is 4.79 Å². The summed E-state index contributed by atoms with van der Waals surface area (Å²) in [5.41, 5.74) is 3.83. The van der Waals surface area contributed by atoms with Gasteiger partial charge < -0.3 is 10.4 Å². The molecule has 0 radical (unpaired) electrons. The largest absolute Gasteiger partial charge is 0.478 e. The van der Waals surface area contributed by atoms with Gasteiger partial charge in [-0.2, -0.15) is 0 Å². The van der Waals surface area contributed by atoms with Crippen LogP contribution in [0.25, 0.3) is 21.3 Å². The second-order valence-corrected chi connectivity index (χ2v) is 7.38. The highest BCUT2D eigenvalue weighted by atomic mass is 32.1. The first-order valence-electron chi connectivity index (χ1n) is 8.66. The molecule has 0 spiro atoms. The standard InChI is InChI=1S/C22H16N2O3S/c25-20(23-17-9-6-15(7-10-17)22(26)27)13-21-24-18-12-16(8-11-19(18)28-21)14-4-2-1-3-5-14/h1-12H,13H2,(H,23,25)(H,26,27). The molecule has 5 nitrogen and oxygen atoms in total. The molecule has 4 aromatic rings. The van der Waals surface area contributed by atoms with Gasteiger partial charge in [-0.1, -0.05) is 36.4 Å². The summed E-state index contributed by atoms with van der Waals surface area (Å²) in [6.45, 7) is 0. The maximum absolute atomic E-state index is 12.3. The molecule has 0 aliphatic rings. The normalized spacial score (nSPS) is 10.7. The Morgan fingerprint density at radius 3 is 2.39 bits per heavy atom. The molecule has 0 saturated carbocycles. The van der Waals surface area contributed by atoms with E-state index in [4.69, 9.17) is 5.11 Å². The minimum atomic E-state index is -0.998. The molecule has 138 valence electrons. The van der Waals surface area contributed by atoms with Crippen LogP contribution in [0.4, 0.5) is 5.69 Å². The summed E-state index contributed by atoms with van der Waals surface area (Å²) in [7, 11) is 0. The molecule has 1 amide bonds. The monoisotopic (exact) mass is 388 g/mol. The summed E-state index contributed by atoms with van der Waals surface area (Å²) in [6, 6.07) is 22.3. The Morgan fingerprint density at radius 1 is 0.929 bits per heavy atom. The van der Waals surface area contributed by atoms with Gasteiger partial charge in [0.15, 0.2) is 0 Å². The van der Waals surface area contributed by atoms with E-state index in [2.05, 4.69) is 28.5 Å². The molecule has 0 fully saturated rings. The van der Waals surface area contributed by atoms with Crippen LogP contribution in [0.5, 0.6) is 0 Å². The molecule has 1 heterocycles. The number of benzene rings is 3. The van der Waals surface area contributed by atoms with Crippen molar-refractivity contribution in [2.24, 2.45) is 0 Å². The summed E-state index contributed by atoms with van der Waals surface area (Å²) in [5, 5.41) is 12.4. The molecule has 0 bridgehead atoms. The Labute approximate surface area is 165 Å². The Balaban J connectivity index is 1.48. The highest BCUT2D eigenvalue weighted by Gasteiger charge is 2.11. The van der Waals surface area contributed by atoms with Crippen molar-refractivity contribution in [1.29, 1.82) is 0 Å². The van der Waals surface area contributed by atoms with Gasteiger partial charge in [0.1, 0.15) is 5.01 Å². The van der Waals surface area contributed by atoms with Crippen LogP contribution in [0.3, 0.4) is 0 Å². The van der Waals surface area contributed by atoms with Gasteiger partial charge in [0.25, 0.3) is 0 Å². The second-order valence-electron chi connectivity index (χ2n) is 6.26. The Kier molecular flexibility index (Phi) is 4.87. The molecular formula is C22H16N2O3S. The van der Waals surface area contributed by atoms with Crippen LogP contribution >= 0.6 is 11.3 Å². The van der Waals surface area contributed by atoms with Crippen LogP contribution in [0.2, 0.25) is 0 Å². The lowest BCUT2D eigenvalue weighted by Crippen LogP contribution is -2.14. The van der Waals surface area contributed by atoms with Crippen molar-refractivity contribution in [3.05, 3.63) is 83.4 Å². The zero-order valence-electron chi connectivity index (χ0n) is 14.8. The average molecular weight is 388 g/mol. The molecule has 0 aliphatic heterocycles. The smallest absolute Gasteiger partial charge is 0.335 e. The number of anilines is 1. The quantitative estimate of drug-likeness (QED) is 0.513. The van der Waals surface area contributed by atoms with Crippen LogP contribution in [0.15, 0.2) is 72.8 Å². The molecule has 28 heavy (non-hydrogen) atoms. The Morgan fingerprint density at radius 2 is 1.68 bits per heavy atom. The minimum Gasteiger partial charge on any atom is -0.478 e. The van der Waals surface area contributed by atoms with E-state index in [0.717, 1.165) is 26.4 Å². The van der Waals surface area contributed by atoms with Crippen molar-refractivity contribution in [2.45, 2.75) is 6.42 Å². The fraction of sp³-hybridized carbons (Fsp3) is 0.0455. The minimum absolute atomic E-state index is 0.167. The van der Waals surface area contributed by atoms with Gasteiger partial charge in [0, 0.05) is 5.69 Å². The summed E-state index contributed by atoms with van der Waals surface area (Å²) in [6.07, 6.45) is 0.167. The average Bonchev–Trinajstić information content (AvgIpc) is 3.10. The fourth-order valence-electron chi connectivity index (χ4n) is 2.90. The number of fused-ring (bicyclic) bond motifs is 1. The van der Waals surface area contributed by atoms with E-state index in [1.165, 1.54) is 23.5 Å². The third-order valence-corrected chi connectivity index (χ3v) is 5.30.